The van der Waals surface area contributed by atoms with Crippen LogP contribution in [0.2, 0.25) is 0 Å². The van der Waals surface area contributed by atoms with Gasteiger partial charge in [0.2, 0.25) is 5.91 Å². The molecule has 2 saturated heterocycles. The molecule has 2 heterocycles. The van der Waals surface area contributed by atoms with Crippen LogP contribution in [0.3, 0.4) is 0 Å². The van der Waals surface area contributed by atoms with Crippen molar-refractivity contribution >= 4 is 18.3 Å². The van der Waals surface area contributed by atoms with E-state index in [1.165, 1.54) is 11.1 Å². The van der Waals surface area contributed by atoms with Gasteiger partial charge in [-0.1, -0.05) is 29.8 Å². The van der Waals surface area contributed by atoms with Gasteiger partial charge in [-0.05, 0) is 50.5 Å². The number of ether oxygens (including phenoxy) is 2. The van der Waals surface area contributed by atoms with Crippen LogP contribution >= 0.6 is 12.4 Å². The first-order valence-corrected chi connectivity index (χ1v) is 9.93. The zero-order chi connectivity index (χ0) is 18.4. The van der Waals surface area contributed by atoms with Crippen LogP contribution in [-0.2, 0) is 20.7 Å². The number of carbonyl (C=O) groups is 1. The van der Waals surface area contributed by atoms with Crippen molar-refractivity contribution in [1.29, 1.82) is 0 Å². The highest BCUT2D eigenvalue weighted by Crippen LogP contribution is 2.21. The number of carbonyl (C=O) groups excluding carboxylic acids is 1. The second-order valence-electron chi connectivity index (χ2n) is 7.63. The summed E-state index contributed by atoms with van der Waals surface area (Å²) in [5.74, 6) is 0.294. The van der Waals surface area contributed by atoms with Crippen molar-refractivity contribution < 1.29 is 14.3 Å². The molecule has 2 aliphatic rings. The molecule has 5 nitrogen and oxygen atoms in total. The molecule has 1 aromatic rings. The molecule has 3 rings (SSSR count). The fraction of sp³-hybridized carbons (Fsp3) is 0.667. The molecule has 152 valence electrons. The van der Waals surface area contributed by atoms with Gasteiger partial charge in [-0.3, -0.25) is 4.79 Å². The average Bonchev–Trinajstić information content (AvgIpc) is 3.19. The van der Waals surface area contributed by atoms with Crippen molar-refractivity contribution in [3.05, 3.63) is 35.4 Å². The van der Waals surface area contributed by atoms with Gasteiger partial charge in [0, 0.05) is 32.9 Å². The average molecular weight is 397 g/mol. The maximum Gasteiger partial charge on any atom is 0.239 e. The Labute approximate surface area is 169 Å². The quantitative estimate of drug-likeness (QED) is 0.769. The number of amides is 1. The molecule has 2 unspecified atom stereocenters. The fourth-order valence-corrected chi connectivity index (χ4v) is 3.83. The van der Waals surface area contributed by atoms with Crippen molar-refractivity contribution in [2.24, 2.45) is 11.7 Å². The predicted molar refractivity (Wildman–Crippen MR) is 109 cm³/mol. The van der Waals surface area contributed by atoms with Crippen molar-refractivity contribution in [2.45, 2.75) is 51.2 Å². The molecule has 1 aromatic carbocycles. The number of halogens is 1. The van der Waals surface area contributed by atoms with E-state index in [1.807, 2.05) is 4.90 Å². The molecule has 27 heavy (non-hydrogen) atoms. The van der Waals surface area contributed by atoms with Crippen LogP contribution in [0.1, 0.15) is 36.8 Å². The first-order valence-electron chi connectivity index (χ1n) is 9.93. The van der Waals surface area contributed by atoms with Gasteiger partial charge < -0.3 is 20.1 Å². The largest absolute Gasteiger partial charge is 0.381 e. The van der Waals surface area contributed by atoms with Gasteiger partial charge in [0.05, 0.1) is 12.1 Å². The molecular weight excluding hydrogens is 364 g/mol. The van der Waals surface area contributed by atoms with E-state index in [0.717, 1.165) is 38.7 Å². The lowest BCUT2D eigenvalue weighted by Crippen LogP contribution is -2.51. The molecule has 0 saturated carbocycles. The summed E-state index contributed by atoms with van der Waals surface area (Å²) in [6, 6.07) is 8.09. The summed E-state index contributed by atoms with van der Waals surface area (Å²) in [6.45, 7) is 5.66. The van der Waals surface area contributed by atoms with E-state index >= 15 is 0 Å². The van der Waals surface area contributed by atoms with Crippen molar-refractivity contribution in [2.75, 3.05) is 32.9 Å². The van der Waals surface area contributed by atoms with Gasteiger partial charge in [0.25, 0.3) is 0 Å². The van der Waals surface area contributed by atoms with Crippen molar-refractivity contribution in [3.63, 3.8) is 0 Å². The maximum absolute atomic E-state index is 13.1. The summed E-state index contributed by atoms with van der Waals surface area (Å²) in [4.78, 5) is 15.1. The summed E-state index contributed by atoms with van der Waals surface area (Å²) in [5.41, 5.74) is 8.87. The highest BCUT2D eigenvalue weighted by molar-refractivity contribution is 5.85. The first kappa shape index (κ1) is 22.2. The van der Waals surface area contributed by atoms with Crippen molar-refractivity contribution in [3.8, 4) is 0 Å². The Kier molecular flexibility index (Phi) is 9.03. The Morgan fingerprint density at radius 2 is 1.89 bits per heavy atom. The van der Waals surface area contributed by atoms with Crippen LogP contribution < -0.4 is 5.73 Å². The lowest BCUT2D eigenvalue weighted by molar-refractivity contribution is -0.136. The van der Waals surface area contributed by atoms with Gasteiger partial charge >= 0.3 is 0 Å². The molecule has 6 heteroatoms. The minimum Gasteiger partial charge on any atom is -0.381 e. The number of hydrogen-bond acceptors (Lipinski definition) is 4. The fourth-order valence-electron chi connectivity index (χ4n) is 3.83. The van der Waals surface area contributed by atoms with Gasteiger partial charge in [-0.25, -0.2) is 0 Å². The number of benzene rings is 1. The SMILES string of the molecule is Cc1ccc(CCN(CC2CCCO2)C(=O)C(N)C2CCOCC2)cc1.Cl. The van der Waals surface area contributed by atoms with E-state index in [9.17, 15) is 4.79 Å². The number of nitrogens with zero attached hydrogens (tertiary/aromatic N) is 1. The topological polar surface area (TPSA) is 64.8 Å². The molecule has 0 aromatic heterocycles. The Hall–Kier alpha value is -1.14. The minimum absolute atomic E-state index is 0. The Morgan fingerprint density at radius 1 is 1.19 bits per heavy atom. The van der Waals surface area contributed by atoms with Crippen LogP contribution in [0, 0.1) is 12.8 Å². The zero-order valence-corrected chi connectivity index (χ0v) is 17.1. The molecule has 2 aliphatic heterocycles. The molecule has 2 atom stereocenters. The second kappa shape index (κ2) is 11.0. The molecule has 0 aliphatic carbocycles. The summed E-state index contributed by atoms with van der Waals surface area (Å²) >= 11 is 0. The molecule has 2 N–H and O–H groups in total. The summed E-state index contributed by atoms with van der Waals surface area (Å²) in [7, 11) is 0. The number of nitrogens with two attached hydrogens (primary N) is 1. The summed E-state index contributed by atoms with van der Waals surface area (Å²) < 4.78 is 11.2. The standard InChI is InChI=1S/C21H32N2O3.ClH/c1-16-4-6-17(7-5-16)8-11-23(15-19-3-2-12-26-19)21(24)20(22)18-9-13-25-14-10-18;/h4-7,18-20H,2-3,8-15,22H2,1H3;1H. The summed E-state index contributed by atoms with van der Waals surface area (Å²) in [5, 5.41) is 0. The van der Waals surface area contributed by atoms with Crippen molar-refractivity contribution in [1.82, 2.24) is 4.90 Å². The van der Waals surface area contributed by atoms with Gasteiger partial charge in [0.15, 0.2) is 0 Å². The molecule has 0 radical (unpaired) electrons. The number of hydrogen-bond donors (Lipinski definition) is 1. The maximum atomic E-state index is 13.1. The van der Waals surface area contributed by atoms with E-state index in [1.54, 1.807) is 0 Å². The van der Waals surface area contributed by atoms with Crippen LogP contribution in [-0.4, -0.2) is 55.9 Å². The molecule has 0 bridgehead atoms. The second-order valence-corrected chi connectivity index (χ2v) is 7.63. The third kappa shape index (κ3) is 6.46. The van der Waals surface area contributed by atoms with E-state index in [0.29, 0.717) is 26.3 Å². The van der Waals surface area contributed by atoms with Gasteiger partial charge in [-0.2, -0.15) is 0 Å². The Balaban J connectivity index is 0.00000261. The lowest BCUT2D eigenvalue weighted by atomic mass is 9.91. The van der Waals surface area contributed by atoms with E-state index < -0.39 is 6.04 Å². The van der Waals surface area contributed by atoms with Crippen LogP contribution in [0.4, 0.5) is 0 Å². The third-order valence-electron chi connectivity index (χ3n) is 5.61. The zero-order valence-electron chi connectivity index (χ0n) is 16.3. The van der Waals surface area contributed by atoms with Crippen LogP contribution in [0.15, 0.2) is 24.3 Å². The molecule has 2 fully saturated rings. The smallest absolute Gasteiger partial charge is 0.239 e. The Bertz CT molecular complexity index is 569. The normalized spacial score (nSPS) is 21.5. The molecule has 0 spiro atoms. The number of rotatable bonds is 7. The van der Waals surface area contributed by atoms with E-state index in [4.69, 9.17) is 15.2 Å². The Morgan fingerprint density at radius 3 is 2.52 bits per heavy atom. The van der Waals surface area contributed by atoms with Crippen LogP contribution in [0.5, 0.6) is 0 Å². The lowest BCUT2D eigenvalue weighted by Gasteiger charge is -2.32. The van der Waals surface area contributed by atoms with Gasteiger partial charge in [-0.15, -0.1) is 12.4 Å². The highest BCUT2D eigenvalue weighted by atomic mass is 35.5. The van der Waals surface area contributed by atoms with Gasteiger partial charge in [0.1, 0.15) is 0 Å². The first-order chi connectivity index (χ1) is 12.6. The molecular formula is C21H33ClN2O3. The summed E-state index contributed by atoms with van der Waals surface area (Å²) in [6.07, 6.45) is 4.85. The third-order valence-corrected chi connectivity index (χ3v) is 5.61. The predicted octanol–water partition coefficient (Wildman–Crippen LogP) is 2.72. The van der Waals surface area contributed by atoms with E-state index in [2.05, 4.69) is 31.2 Å². The minimum atomic E-state index is -0.432. The number of aryl methyl sites for hydroxylation is 1. The van der Waals surface area contributed by atoms with Crippen LogP contribution in [0.25, 0.3) is 0 Å². The van der Waals surface area contributed by atoms with E-state index in [-0.39, 0.29) is 30.3 Å². The molecule has 1 amide bonds. The monoisotopic (exact) mass is 396 g/mol. The highest BCUT2D eigenvalue weighted by Gasteiger charge is 2.31.